The highest BCUT2D eigenvalue weighted by Crippen LogP contribution is 2.32. The Morgan fingerprint density at radius 2 is 2.00 bits per heavy atom. The Labute approximate surface area is 179 Å². The molecule has 0 spiro atoms. The van der Waals surface area contributed by atoms with Crippen molar-refractivity contribution in [1.82, 2.24) is 10.3 Å². The SMILES string of the molecule is CN=C(NCc1ccc(Oc2cccnc2)c(F)c1)Nc1ccc2c(c1)OCCCO2. The molecule has 0 aliphatic carbocycles. The molecular weight excluding hydrogens is 399 g/mol. The van der Waals surface area contributed by atoms with Gasteiger partial charge in [0.05, 0.1) is 19.4 Å². The molecule has 4 rings (SSSR count). The zero-order chi connectivity index (χ0) is 21.5. The summed E-state index contributed by atoms with van der Waals surface area (Å²) in [6.45, 7) is 1.65. The van der Waals surface area contributed by atoms with Crippen LogP contribution in [0.3, 0.4) is 0 Å². The number of anilines is 1. The summed E-state index contributed by atoms with van der Waals surface area (Å²) in [5.74, 6) is 2.15. The molecule has 8 heteroatoms. The number of guanidine groups is 1. The Morgan fingerprint density at radius 1 is 1.13 bits per heavy atom. The largest absolute Gasteiger partial charge is 0.490 e. The molecule has 3 aromatic rings. The van der Waals surface area contributed by atoms with Crippen LogP contribution in [0.1, 0.15) is 12.0 Å². The van der Waals surface area contributed by atoms with E-state index in [9.17, 15) is 4.39 Å². The lowest BCUT2D eigenvalue weighted by Crippen LogP contribution is -2.30. The highest BCUT2D eigenvalue weighted by molar-refractivity contribution is 5.93. The molecule has 1 aliphatic heterocycles. The third kappa shape index (κ3) is 5.42. The molecule has 0 fully saturated rings. The van der Waals surface area contributed by atoms with Gasteiger partial charge in [0, 0.05) is 38.0 Å². The minimum Gasteiger partial charge on any atom is -0.490 e. The molecule has 0 atom stereocenters. The molecule has 2 heterocycles. The van der Waals surface area contributed by atoms with Gasteiger partial charge in [0.15, 0.2) is 29.0 Å². The Hall–Kier alpha value is -3.81. The summed E-state index contributed by atoms with van der Waals surface area (Å²) in [6.07, 6.45) is 4.01. The van der Waals surface area contributed by atoms with Crippen LogP contribution in [0.15, 0.2) is 65.9 Å². The second-order valence-electron chi connectivity index (χ2n) is 6.82. The molecule has 1 aromatic heterocycles. The molecule has 0 radical (unpaired) electrons. The number of benzene rings is 2. The fraction of sp³-hybridized carbons (Fsp3) is 0.217. The van der Waals surface area contributed by atoms with Crippen molar-refractivity contribution in [2.24, 2.45) is 4.99 Å². The van der Waals surface area contributed by atoms with Gasteiger partial charge >= 0.3 is 0 Å². The lowest BCUT2D eigenvalue weighted by atomic mass is 10.2. The Morgan fingerprint density at radius 3 is 2.77 bits per heavy atom. The zero-order valence-corrected chi connectivity index (χ0v) is 17.1. The van der Waals surface area contributed by atoms with E-state index in [1.807, 2.05) is 18.2 Å². The van der Waals surface area contributed by atoms with Crippen LogP contribution in [0.2, 0.25) is 0 Å². The van der Waals surface area contributed by atoms with Gasteiger partial charge in [-0.1, -0.05) is 6.07 Å². The number of pyridine rings is 1. The first kappa shape index (κ1) is 20.5. The van der Waals surface area contributed by atoms with Crippen LogP contribution in [0, 0.1) is 5.82 Å². The number of aliphatic imine (C=N–C) groups is 1. The van der Waals surface area contributed by atoms with Gasteiger partial charge in [-0.25, -0.2) is 4.39 Å². The monoisotopic (exact) mass is 422 g/mol. The maximum absolute atomic E-state index is 14.4. The number of fused-ring (bicyclic) bond motifs is 1. The summed E-state index contributed by atoms with van der Waals surface area (Å²) in [7, 11) is 1.67. The van der Waals surface area contributed by atoms with Crippen LogP contribution in [-0.4, -0.2) is 31.2 Å². The minimum absolute atomic E-state index is 0.145. The fourth-order valence-corrected chi connectivity index (χ4v) is 3.01. The summed E-state index contributed by atoms with van der Waals surface area (Å²) in [6, 6.07) is 13.9. The van der Waals surface area contributed by atoms with Crippen molar-refractivity contribution in [3.8, 4) is 23.0 Å². The Balaban J connectivity index is 1.36. The van der Waals surface area contributed by atoms with E-state index in [4.69, 9.17) is 14.2 Å². The van der Waals surface area contributed by atoms with E-state index in [0.717, 1.165) is 23.4 Å². The van der Waals surface area contributed by atoms with Crippen molar-refractivity contribution in [2.75, 3.05) is 25.6 Å². The van der Waals surface area contributed by atoms with Crippen molar-refractivity contribution in [3.63, 3.8) is 0 Å². The number of rotatable bonds is 5. The van der Waals surface area contributed by atoms with Crippen LogP contribution < -0.4 is 24.8 Å². The summed E-state index contributed by atoms with van der Waals surface area (Å²) in [5, 5.41) is 6.38. The number of halogens is 1. The number of hydrogen-bond acceptors (Lipinski definition) is 5. The maximum Gasteiger partial charge on any atom is 0.195 e. The van der Waals surface area contributed by atoms with Crippen molar-refractivity contribution in [1.29, 1.82) is 0 Å². The maximum atomic E-state index is 14.4. The summed E-state index contributed by atoms with van der Waals surface area (Å²) < 4.78 is 31.3. The topological polar surface area (TPSA) is 77.0 Å². The van der Waals surface area contributed by atoms with Crippen LogP contribution in [-0.2, 0) is 6.54 Å². The molecule has 31 heavy (non-hydrogen) atoms. The average molecular weight is 422 g/mol. The van der Waals surface area contributed by atoms with Gasteiger partial charge in [0.25, 0.3) is 0 Å². The standard InChI is InChI=1S/C23H23FN4O3/c1-25-23(28-17-6-8-21-22(13-17)30-11-3-10-29-21)27-14-16-5-7-20(19(24)12-16)31-18-4-2-9-26-15-18/h2,4-9,12-13,15H,3,10-11,14H2,1H3,(H2,25,27,28). The average Bonchev–Trinajstić information content (AvgIpc) is 3.04. The number of hydrogen-bond donors (Lipinski definition) is 2. The van der Waals surface area contributed by atoms with Gasteiger partial charge < -0.3 is 24.8 Å². The van der Waals surface area contributed by atoms with E-state index in [2.05, 4.69) is 20.6 Å². The minimum atomic E-state index is -0.450. The fourth-order valence-electron chi connectivity index (χ4n) is 3.01. The van der Waals surface area contributed by atoms with E-state index in [-0.39, 0.29) is 5.75 Å². The highest BCUT2D eigenvalue weighted by atomic mass is 19.1. The Kier molecular flexibility index (Phi) is 6.47. The zero-order valence-electron chi connectivity index (χ0n) is 17.1. The lowest BCUT2D eigenvalue weighted by molar-refractivity contribution is 0.297. The third-order valence-corrected chi connectivity index (χ3v) is 4.55. The van der Waals surface area contributed by atoms with E-state index < -0.39 is 5.82 Å². The predicted octanol–water partition coefficient (Wildman–Crippen LogP) is 4.36. The van der Waals surface area contributed by atoms with Crippen molar-refractivity contribution >= 4 is 11.6 Å². The van der Waals surface area contributed by atoms with Gasteiger partial charge in [-0.05, 0) is 42.0 Å². The molecule has 2 N–H and O–H groups in total. The molecule has 160 valence electrons. The molecule has 2 aromatic carbocycles. The quantitative estimate of drug-likeness (QED) is 0.470. The van der Waals surface area contributed by atoms with Gasteiger partial charge in [-0.3, -0.25) is 9.98 Å². The summed E-state index contributed by atoms with van der Waals surface area (Å²) in [5.41, 5.74) is 1.56. The third-order valence-electron chi connectivity index (χ3n) is 4.55. The number of ether oxygens (including phenoxy) is 3. The lowest BCUT2D eigenvalue weighted by Gasteiger charge is -2.14. The molecule has 0 amide bonds. The smallest absolute Gasteiger partial charge is 0.195 e. The van der Waals surface area contributed by atoms with Gasteiger partial charge in [0.1, 0.15) is 5.75 Å². The molecule has 0 saturated carbocycles. The molecule has 7 nitrogen and oxygen atoms in total. The first-order chi connectivity index (χ1) is 15.2. The van der Waals surface area contributed by atoms with Crippen LogP contribution in [0.5, 0.6) is 23.0 Å². The predicted molar refractivity (Wildman–Crippen MR) is 117 cm³/mol. The van der Waals surface area contributed by atoms with Crippen LogP contribution in [0.4, 0.5) is 10.1 Å². The molecule has 1 aliphatic rings. The normalized spacial score (nSPS) is 13.3. The Bertz CT molecular complexity index is 1060. The molecule has 0 unspecified atom stereocenters. The van der Waals surface area contributed by atoms with Gasteiger partial charge in [-0.2, -0.15) is 0 Å². The molecular formula is C23H23FN4O3. The number of nitrogens with zero attached hydrogens (tertiary/aromatic N) is 2. The second-order valence-corrected chi connectivity index (χ2v) is 6.82. The van der Waals surface area contributed by atoms with E-state index in [1.165, 1.54) is 12.3 Å². The molecule has 0 bridgehead atoms. The van der Waals surface area contributed by atoms with E-state index >= 15 is 0 Å². The molecule has 0 saturated heterocycles. The van der Waals surface area contributed by atoms with Gasteiger partial charge in [0.2, 0.25) is 0 Å². The highest BCUT2D eigenvalue weighted by Gasteiger charge is 2.12. The second kappa shape index (κ2) is 9.80. The van der Waals surface area contributed by atoms with E-state index in [0.29, 0.717) is 37.2 Å². The first-order valence-electron chi connectivity index (χ1n) is 9.95. The van der Waals surface area contributed by atoms with Crippen LogP contribution >= 0.6 is 0 Å². The van der Waals surface area contributed by atoms with Crippen molar-refractivity contribution < 1.29 is 18.6 Å². The van der Waals surface area contributed by atoms with Crippen molar-refractivity contribution in [3.05, 3.63) is 72.3 Å². The van der Waals surface area contributed by atoms with Crippen molar-refractivity contribution in [2.45, 2.75) is 13.0 Å². The number of nitrogens with one attached hydrogen (secondary N) is 2. The summed E-state index contributed by atoms with van der Waals surface area (Å²) >= 11 is 0. The van der Waals surface area contributed by atoms with Gasteiger partial charge in [-0.15, -0.1) is 0 Å². The first-order valence-corrected chi connectivity index (χ1v) is 9.95. The summed E-state index contributed by atoms with van der Waals surface area (Å²) in [4.78, 5) is 8.18. The van der Waals surface area contributed by atoms with E-state index in [1.54, 1.807) is 37.5 Å². The number of aromatic nitrogens is 1. The van der Waals surface area contributed by atoms with Crippen LogP contribution in [0.25, 0.3) is 0 Å².